The van der Waals surface area contributed by atoms with E-state index < -0.39 is 8.07 Å². The molecule has 12 rings (SSSR count). The molecule has 0 unspecified atom stereocenters. The zero-order chi connectivity index (χ0) is 41.7. The van der Waals surface area contributed by atoms with E-state index in [1.54, 1.807) is 0 Å². The summed E-state index contributed by atoms with van der Waals surface area (Å²) in [6.45, 7) is 0. The fourth-order valence-electron chi connectivity index (χ4n) is 11.3. The number of para-hydroxylation sites is 2. The molecule has 0 radical (unpaired) electrons. The number of fused-ring (bicyclic) bond motifs is 6. The zero-order valence-corrected chi connectivity index (χ0v) is 36.4. The zero-order valence-electron chi connectivity index (χ0n) is 35.4. The molecule has 9 aromatic carbocycles. The van der Waals surface area contributed by atoms with Crippen molar-refractivity contribution in [1.82, 2.24) is 9.13 Å². The van der Waals surface area contributed by atoms with Gasteiger partial charge in [-0.1, -0.05) is 201 Å². The minimum atomic E-state index is -2.62. The Bertz CT molecular complexity index is 3320. The summed E-state index contributed by atoms with van der Waals surface area (Å²) in [5.74, 6) is 0.615. The third kappa shape index (κ3) is 6.06. The van der Waals surface area contributed by atoms with Gasteiger partial charge in [0, 0.05) is 27.2 Å². The maximum atomic E-state index is 2.55. The van der Waals surface area contributed by atoms with Crippen molar-refractivity contribution >= 4 is 72.4 Å². The van der Waals surface area contributed by atoms with E-state index in [1.807, 2.05) is 0 Å². The lowest BCUT2D eigenvalue weighted by Crippen LogP contribution is -2.74. The number of hydrogen-bond acceptors (Lipinski definition) is 0. The van der Waals surface area contributed by atoms with Gasteiger partial charge in [-0.15, -0.1) is 0 Å². The molecule has 0 atom stereocenters. The van der Waals surface area contributed by atoms with Crippen LogP contribution in [0.2, 0.25) is 0 Å². The van der Waals surface area contributed by atoms with Gasteiger partial charge in [-0.05, 0) is 98.7 Å². The van der Waals surface area contributed by atoms with Crippen molar-refractivity contribution in [2.45, 2.75) is 38.0 Å². The molecule has 0 aliphatic heterocycles. The molecule has 302 valence electrons. The van der Waals surface area contributed by atoms with Crippen molar-refractivity contribution in [3.63, 3.8) is 0 Å². The van der Waals surface area contributed by atoms with Crippen molar-refractivity contribution in [2.24, 2.45) is 0 Å². The Morgan fingerprint density at radius 1 is 0.349 bits per heavy atom. The van der Waals surface area contributed by atoms with Crippen LogP contribution in [0.1, 0.15) is 43.6 Å². The molecule has 0 amide bonds. The molecule has 0 spiro atoms. The second-order valence-corrected chi connectivity index (χ2v) is 21.2. The van der Waals surface area contributed by atoms with Gasteiger partial charge in [0.1, 0.15) is 0 Å². The van der Waals surface area contributed by atoms with Gasteiger partial charge in [0.05, 0.1) is 27.8 Å². The Morgan fingerprint density at radius 3 is 1.48 bits per heavy atom. The summed E-state index contributed by atoms with van der Waals surface area (Å²) in [7, 11) is -2.62. The lowest BCUT2D eigenvalue weighted by molar-refractivity contribution is 0.445. The van der Waals surface area contributed by atoms with E-state index in [1.165, 1.54) is 119 Å². The van der Waals surface area contributed by atoms with E-state index in [9.17, 15) is 0 Å². The van der Waals surface area contributed by atoms with Gasteiger partial charge < -0.3 is 9.13 Å². The van der Waals surface area contributed by atoms with E-state index in [0.717, 1.165) is 5.69 Å². The fourth-order valence-corrected chi connectivity index (χ4v) is 16.1. The molecule has 1 fully saturated rings. The van der Waals surface area contributed by atoms with Crippen LogP contribution in [0, 0.1) is 0 Å². The number of aromatic nitrogens is 2. The predicted molar refractivity (Wildman–Crippen MR) is 270 cm³/mol. The minimum absolute atomic E-state index is 0.615. The SMILES string of the molecule is c1ccc([Si](c2ccccc2)(c2ccccc2)c2ccc(-c3cccc(-n4c5ccccc5c5c(-n6c7ccccc7c7c(C8CCCCC8)cccc76)cccc54)c3)cc2)cc1. The highest BCUT2D eigenvalue weighted by atomic mass is 28.3. The van der Waals surface area contributed by atoms with Crippen LogP contribution in [0.3, 0.4) is 0 Å². The average Bonchev–Trinajstić information content (AvgIpc) is 3.89. The van der Waals surface area contributed by atoms with Crippen LogP contribution in [0.25, 0.3) is 66.1 Å². The number of rotatable bonds is 8. The first-order chi connectivity index (χ1) is 31.3. The van der Waals surface area contributed by atoms with Crippen LogP contribution in [-0.2, 0) is 0 Å². The summed E-state index contributed by atoms with van der Waals surface area (Å²) in [5.41, 5.74) is 11.3. The summed E-state index contributed by atoms with van der Waals surface area (Å²) in [6.07, 6.45) is 6.56. The van der Waals surface area contributed by atoms with Crippen molar-refractivity contribution in [1.29, 1.82) is 0 Å². The molecular weight excluding hydrogens is 777 g/mol. The normalized spacial score (nSPS) is 13.7. The topological polar surface area (TPSA) is 9.86 Å². The first kappa shape index (κ1) is 37.5. The molecule has 1 aliphatic carbocycles. The largest absolute Gasteiger partial charge is 0.309 e. The Morgan fingerprint density at radius 2 is 0.841 bits per heavy atom. The molecular formula is C60H48N2Si. The summed E-state index contributed by atoms with van der Waals surface area (Å²) in [5, 5.41) is 10.8. The van der Waals surface area contributed by atoms with Gasteiger partial charge in [0.2, 0.25) is 0 Å². The summed E-state index contributed by atoms with van der Waals surface area (Å²) in [4.78, 5) is 0. The molecule has 2 aromatic heterocycles. The van der Waals surface area contributed by atoms with Crippen molar-refractivity contribution in [2.75, 3.05) is 0 Å². The molecule has 1 aliphatic rings. The van der Waals surface area contributed by atoms with Gasteiger partial charge in [0.15, 0.2) is 8.07 Å². The van der Waals surface area contributed by atoms with E-state index in [2.05, 4.69) is 234 Å². The van der Waals surface area contributed by atoms with E-state index in [-0.39, 0.29) is 0 Å². The van der Waals surface area contributed by atoms with Crippen molar-refractivity contribution in [3.05, 3.63) is 230 Å². The van der Waals surface area contributed by atoms with Gasteiger partial charge >= 0.3 is 0 Å². The average molecular weight is 825 g/mol. The van der Waals surface area contributed by atoms with E-state index in [4.69, 9.17) is 0 Å². The van der Waals surface area contributed by atoms with Crippen molar-refractivity contribution < 1.29 is 0 Å². The minimum Gasteiger partial charge on any atom is -0.309 e. The van der Waals surface area contributed by atoms with Crippen LogP contribution in [-0.4, -0.2) is 17.2 Å². The standard InChI is InChI=1S/C60H48N2Si/c1-5-20-44(21-6-1)51-32-18-35-56-59(51)52-30-13-16-34-55(52)62(56)58-37-19-36-57-60(58)53-31-14-15-33-54(53)61(57)46-23-17-22-45(42-46)43-38-40-50(41-39-43)63(47-24-7-2-8-25-47,48-26-9-3-10-27-48)49-28-11-4-12-29-49/h2-4,7-19,22-42,44H,1,5-6,20-21H2. The highest BCUT2D eigenvalue weighted by Crippen LogP contribution is 2.44. The summed E-state index contributed by atoms with van der Waals surface area (Å²) >= 11 is 0. The molecule has 0 bridgehead atoms. The number of nitrogens with zero attached hydrogens (tertiary/aromatic N) is 2. The Kier molecular flexibility index (Phi) is 9.30. The monoisotopic (exact) mass is 824 g/mol. The first-order valence-corrected chi connectivity index (χ1v) is 24.7. The molecule has 1 saturated carbocycles. The second-order valence-electron chi connectivity index (χ2n) is 17.4. The van der Waals surface area contributed by atoms with Gasteiger partial charge in [-0.3, -0.25) is 0 Å². The third-order valence-electron chi connectivity index (χ3n) is 14.1. The van der Waals surface area contributed by atoms with Gasteiger partial charge in [-0.25, -0.2) is 0 Å². The first-order valence-electron chi connectivity index (χ1n) is 22.7. The van der Waals surface area contributed by atoms with Crippen LogP contribution in [0.5, 0.6) is 0 Å². The van der Waals surface area contributed by atoms with Crippen LogP contribution in [0.4, 0.5) is 0 Å². The summed E-state index contributed by atoms with van der Waals surface area (Å²) in [6, 6.07) is 84.1. The highest BCUT2D eigenvalue weighted by Gasteiger charge is 2.41. The van der Waals surface area contributed by atoms with Gasteiger partial charge in [-0.2, -0.15) is 0 Å². The fraction of sp³-hybridized carbons (Fsp3) is 0.100. The molecule has 2 nitrogen and oxygen atoms in total. The third-order valence-corrected chi connectivity index (χ3v) is 18.9. The predicted octanol–water partition coefficient (Wildman–Crippen LogP) is 13.0. The maximum Gasteiger partial charge on any atom is 0.179 e. The van der Waals surface area contributed by atoms with Crippen LogP contribution >= 0.6 is 0 Å². The molecule has 2 heterocycles. The number of hydrogen-bond donors (Lipinski definition) is 0. The number of benzene rings is 9. The molecule has 11 aromatic rings. The lowest BCUT2D eigenvalue weighted by atomic mass is 9.82. The quantitative estimate of drug-likeness (QED) is 0.107. The lowest BCUT2D eigenvalue weighted by Gasteiger charge is -2.34. The van der Waals surface area contributed by atoms with Gasteiger partial charge in [0.25, 0.3) is 0 Å². The Hall–Kier alpha value is -7.20. The molecule has 0 N–H and O–H groups in total. The molecule has 63 heavy (non-hydrogen) atoms. The Balaban J connectivity index is 1.01. The Labute approximate surface area is 370 Å². The highest BCUT2D eigenvalue weighted by molar-refractivity contribution is 7.19. The smallest absolute Gasteiger partial charge is 0.179 e. The molecule has 3 heteroatoms. The van der Waals surface area contributed by atoms with E-state index in [0.29, 0.717) is 5.92 Å². The maximum absolute atomic E-state index is 2.62. The van der Waals surface area contributed by atoms with Crippen LogP contribution < -0.4 is 20.7 Å². The molecule has 0 saturated heterocycles. The van der Waals surface area contributed by atoms with Crippen molar-refractivity contribution in [3.8, 4) is 22.5 Å². The summed E-state index contributed by atoms with van der Waals surface area (Å²) < 4.78 is 5.03. The van der Waals surface area contributed by atoms with E-state index >= 15 is 0 Å². The van der Waals surface area contributed by atoms with Crippen LogP contribution in [0.15, 0.2) is 224 Å². The second kappa shape index (κ2) is 15.6.